The van der Waals surface area contributed by atoms with E-state index < -0.39 is 0 Å². The molecule has 0 spiro atoms. The highest BCUT2D eigenvalue weighted by atomic mass is 35.5. The van der Waals surface area contributed by atoms with Crippen molar-refractivity contribution in [2.75, 3.05) is 17.2 Å². The number of nitrogens with zero attached hydrogens (tertiary/aromatic N) is 3. The van der Waals surface area contributed by atoms with Gasteiger partial charge < -0.3 is 10.6 Å². The second-order valence-electron chi connectivity index (χ2n) is 4.36. The van der Waals surface area contributed by atoms with Gasteiger partial charge >= 0.3 is 0 Å². The van der Waals surface area contributed by atoms with Crippen LogP contribution in [0.5, 0.6) is 0 Å². The van der Waals surface area contributed by atoms with E-state index in [2.05, 4.69) is 40.8 Å². The molecule has 2 N–H and O–H groups in total. The summed E-state index contributed by atoms with van der Waals surface area (Å²) in [6, 6.07) is 8.27. The van der Waals surface area contributed by atoms with Gasteiger partial charge in [0, 0.05) is 13.1 Å². The van der Waals surface area contributed by atoms with Crippen LogP contribution in [0.3, 0.4) is 0 Å². The van der Waals surface area contributed by atoms with Crippen LogP contribution < -0.4 is 10.6 Å². The SMILES string of the molecule is CCN(Cc1ccccc1C)c1nc(Cl)ncc1N. The minimum Gasteiger partial charge on any atom is -0.394 e. The third-order valence-corrected chi connectivity index (χ3v) is 3.25. The Bertz CT molecular complexity index is 571. The van der Waals surface area contributed by atoms with Crippen molar-refractivity contribution in [1.82, 2.24) is 9.97 Å². The van der Waals surface area contributed by atoms with Crippen molar-refractivity contribution in [3.8, 4) is 0 Å². The van der Waals surface area contributed by atoms with Crippen molar-refractivity contribution in [2.24, 2.45) is 0 Å². The number of aryl methyl sites for hydroxylation is 1. The van der Waals surface area contributed by atoms with Gasteiger partial charge in [0.2, 0.25) is 5.28 Å². The lowest BCUT2D eigenvalue weighted by atomic mass is 10.1. The number of hydrogen-bond acceptors (Lipinski definition) is 4. The average Bonchev–Trinajstić information content (AvgIpc) is 2.41. The number of benzene rings is 1. The van der Waals surface area contributed by atoms with Gasteiger partial charge in [-0.2, -0.15) is 4.98 Å². The van der Waals surface area contributed by atoms with Crippen molar-refractivity contribution in [1.29, 1.82) is 0 Å². The zero-order valence-corrected chi connectivity index (χ0v) is 11.9. The second kappa shape index (κ2) is 5.89. The van der Waals surface area contributed by atoms with Crippen LogP contribution in [0, 0.1) is 6.92 Å². The molecule has 0 unspecified atom stereocenters. The first-order chi connectivity index (χ1) is 9.11. The van der Waals surface area contributed by atoms with E-state index in [0.29, 0.717) is 11.5 Å². The summed E-state index contributed by atoms with van der Waals surface area (Å²) in [5.41, 5.74) is 8.97. The molecule has 0 radical (unpaired) electrons. The molecule has 0 saturated heterocycles. The van der Waals surface area contributed by atoms with Crippen molar-refractivity contribution < 1.29 is 0 Å². The van der Waals surface area contributed by atoms with Crippen molar-refractivity contribution in [2.45, 2.75) is 20.4 Å². The zero-order chi connectivity index (χ0) is 13.8. The van der Waals surface area contributed by atoms with Crippen LogP contribution in [0.1, 0.15) is 18.1 Å². The van der Waals surface area contributed by atoms with Crippen molar-refractivity contribution in [3.63, 3.8) is 0 Å². The Morgan fingerprint density at radius 2 is 2.05 bits per heavy atom. The Hall–Kier alpha value is -1.81. The molecule has 1 heterocycles. The molecule has 2 aromatic rings. The fraction of sp³-hybridized carbons (Fsp3) is 0.286. The normalized spacial score (nSPS) is 10.5. The first kappa shape index (κ1) is 13.6. The zero-order valence-electron chi connectivity index (χ0n) is 11.1. The number of halogens is 1. The molecule has 19 heavy (non-hydrogen) atoms. The molecular formula is C14H17ClN4. The molecule has 4 nitrogen and oxygen atoms in total. The number of hydrogen-bond donors (Lipinski definition) is 1. The summed E-state index contributed by atoms with van der Waals surface area (Å²) in [5, 5.41) is 0.215. The molecule has 0 amide bonds. The Balaban J connectivity index is 2.30. The van der Waals surface area contributed by atoms with Crippen molar-refractivity contribution in [3.05, 3.63) is 46.9 Å². The number of aromatic nitrogens is 2. The van der Waals surface area contributed by atoms with E-state index >= 15 is 0 Å². The highest BCUT2D eigenvalue weighted by Crippen LogP contribution is 2.23. The first-order valence-electron chi connectivity index (χ1n) is 6.19. The second-order valence-corrected chi connectivity index (χ2v) is 4.70. The quantitative estimate of drug-likeness (QED) is 0.872. The van der Waals surface area contributed by atoms with Crippen LogP contribution in [-0.4, -0.2) is 16.5 Å². The average molecular weight is 277 g/mol. The summed E-state index contributed by atoms with van der Waals surface area (Å²) in [5.74, 6) is 0.686. The van der Waals surface area contributed by atoms with E-state index in [0.717, 1.165) is 13.1 Å². The predicted octanol–water partition coefficient (Wildman–Crippen LogP) is 3.05. The monoisotopic (exact) mass is 276 g/mol. The molecular weight excluding hydrogens is 260 g/mol. The van der Waals surface area contributed by atoms with Gasteiger partial charge in [0.25, 0.3) is 0 Å². The molecule has 0 aliphatic heterocycles. The van der Waals surface area contributed by atoms with E-state index in [-0.39, 0.29) is 5.28 Å². The van der Waals surface area contributed by atoms with Gasteiger partial charge in [-0.1, -0.05) is 24.3 Å². The predicted molar refractivity (Wildman–Crippen MR) is 79.4 cm³/mol. The molecule has 0 aliphatic rings. The Morgan fingerprint density at radius 1 is 1.32 bits per heavy atom. The van der Waals surface area contributed by atoms with Gasteiger partial charge in [0.1, 0.15) is 0 Å². The van der Waals surface area contributed by atoms with Crippen LogP contribution in [0.25, 0.3) is 0 Å². The smallest absolute Gasteiger partial charge is 0.224 e. The molecule has 100 valence electrons. The molecule has 2 rings (SSSR count). The highest BCUT2D eigenvalue weighted by molar-refractivity contribution is 6.28. The number of nitrogens with two attached hydrogens (primary N) is 1. The summed E-state index contributed by atoms with van der Waals surface area (Å²) in [6.07, 6.45) is 1.55. The van der Waals surface area contributed by atoms with Crippen LogP contribution in [-0.2, 0) is 6.54 Å². The molecule has 5 heteroatoms. The van der Waals surface area contributed by atoms with E-state index in [9.17, 15) is 0 Å². The Labute approximate surface area is 118 Å². The summed E-state index contributed by atoms with van der Waals surface area (Å²) in [4.78, 5) is 10.2. The lowest BCUT2D eigenvalue weighted by molar-refractivity contribution is 0.808. The summed E-state index contributed by atoms with van der Waals surface area (Å²) in [6.45, 7) is 5.71. The van der Waals surface area contributed by atoms with E-state index in [1.807, 2.05) is 12.1 Å². The Morgan fingerprint density at radius 3 is 2.74 bits per heavy atom. The third kappa shape index (κ3) is 3.15. The van der Waals surface area contributed by atoms with Crippen molar-refractivity contribution >= 4 is 23.1 Å². The standard InChI is InChI=1S/C14H17ClN4/c1-3-19(9-11-7-5-4-6-10(11)2)13-12(16)8-17-14(15)18-13/h4-8H,3,9,16H2,1-2H3. The van der Waals surface area contributed by atoms with Gasteiger partial charge in [-0.25, -0.2) is 4.98 Å². The topological polar surface area (TPSA) is 55.0 Å². The maximum atomic E-state index is 5.93. The van der Waals surface area contributed by atoms with Gasteiger partial charge in [-0.05, 0) is 36.6 Å². The lowest BCUT2D eigenvalue weighted by Crippen LogP contribution is -2.24. The fourth-order valence-electron chi connectivity index (χ4n) is 1.94. The number of rotatable bonds is 4. The van der Waals surface area contributed by atoms with E-state index in [1.54, 1.807) is 6.20 Å². The third-order valence-electron chi connectivity index (χ3n) is 3.07. The van der Waals surface area contributed by atoms with Crippen LogP contribution in [0.15, 0.2) is 30.5 Å². The van der Waals surface area contributed by atoms with Crippen LogP contribution in [0.4, 0.5) is 11.5 Å². The van der Waals surface area contributed by atoms with E-state index in [1.165, 1.54) is 11.1 Å². The number of nitrogen functional groups attached to an aromatic ring is 1. The van der Waals surface area contributed by atoms with E-state index in [4.69, 9.17) is 17.3 Å². The molecule has 1 aromatic carbocycles. The molecule has 0 fully saturated rings. The maximum Gasteiger partial charge on any atom is 0.224 e. The first-order valence-corrected chi connectivity index (χ1v) is 6.57. The minimum absolute atomic E-state index is 0.215. The summed E-state index contributed by atoms with van der Waals surface area (Å²) in [7, 11) is 0. The molecule has 0 atom stereocenters. The molecule has 0 aliphatic carbocycles. The van der Waals surface area contributed by atoms with Gasteiger partial charge in [-0.3, -0.25) is 0 Å². The van der Waals surface area contributed by atoms with Gasteiger partial charge in [0.15, 0.2) is 5.82 Å². The number of anilines is 2. The molecule has 0 saturated carbocycles. The lowest BCUT2D eigenvalue weighted by Gasteiger charge is -2.24. The van der Waals surface area contributed by atoms with Gasteiger partial charge in [-0.15, -0.1) is 0 Å². The van der Waals surface area contributed by atoms with Gasteiger partial charge in [0.05, 0.1) is 11.9 Å². The molecule has 0 bridgehead atoms. The van der Waals surface area contributed by atoms with Crippen LogP contribution >= 0.6 is 11.6 Å². The maximum absolute atomic E-state index is 5.93. The minimum atomic E-state index is 0.215. The Kier molecular flexibility index (Phi) is 4.22. The molecule has 1 aromatic heterocycles. The largest absolute Gasteiger partial charge is 0.394 e. The summed E-state index contributed by atoms with van der Waals surface area (Å²) >= 11 is 5.85. The van der Waals surface area contributed by atoms with Crippen LogP contribution in [0.2, 0.25) is 5.28 Å². The fourth-order valence-corrected chi connectivity index (χ4v) is 2.07. The highest BCUT2D eigenvalue weighted by Gasteiger charge is 2.12. The summed E-state index contributed by atoms with van der Waals surface area (Å²) < 4.78 is 0.